The summed E-state index contributed by atoms with van der Waals surface area (Å²) >= 11 is 18.3. The number of nitrogens with zero attached hydrogens (tertiary/aromatic N) is 2. The van der Waals surface area contributed by atoms with Gasteiger partial charge in [0.25, 0.3) is 0 Å². The van der Waals surface area contributed by atoms with Crippen molar-refractivity contribution in [3.63, 3.8) is 0 Å². The molecular weight excluding hydrogens is 521 g/mol. The molecule has 2 aromatic rings. The summed E-state index contributed by atoms with van der Waals surface area (Å²) in [6.45, 7) is 3.68. The average Bonchev–Trinajstić information content (AvgIpc) is 2.77. The number of carbonyl (C=O) groups excluding carboxylic acids is 2. The number of hydrogen-bond donors (Lipinski definition) is 1. The Morgan fingerprint density at radius 2 is 1.62 bits per heavy atom. The summed E-state index contributed by atoms with van der Waals surface area (Å²) in [7, 11) is -3.81. The van der Waals surface area contributed by atoms with Gasteiger partial charge in [-0.2, -0.15) is 0 Å². The molecular formula is C23H28Cl3N3O4S. The van der Waals surface area contributed by atoms with Gasteiger partial charge in [0, 0.05) is 28.2 Å². The van der Waals surface area contributed by atoms with Gasteiger partial charge < -0.3 is 10.2 Å². The molecule has 34 heavy (non-hydrogen) atoms. The lowest BCUT2D eigenvalue weighted by molar-refractivity contribution is -0.140. The first-order valence-corrected chi connectivity index (χ1v) is 13.7. The van der Waals surface area contributed by atoms with Crippen LogP contribution >= 0.6 is 34.8 Å². The van der Waals surface area contributed by atoms with Crippen molar-refractivity contribution in [2.75, 3.05) is 23.7 Å². The number of sulfonamides is 1. The molecule has 186 valence electrons. The van der Waals surface area contributed by atoms with Crippen molar-refractivity contribution in [2.45, 2.75) is 39.3 Å². The Hall–Kier alpha value is -2.00. The van der Waals surface area contributed by atoms with E-state index in [1.54, 1.807) is 25.1 Å². The minimum Gasteiger partial charge on any atom is -0.354 e. The zero-order chi connectivity index (χ0) is 25.5. The molecule has 0 aromatic heterocycles. The summed E-state index contributed by atoms with van der Waals surface area (Å²) in [6.07, 6.45) is 2.07. The molecule has 2 amide bonds. The zero-order valence-corrected chi connectivity index (χ0v) is 22.3. The van der Waals surface area contributed by atoms with Gasteiger partial charge in [-0.15, -0.1) is 0 Å². The SMILES string of the molecule is CCCNC(=O)[C@@H](CC)N(Cc1ccc(Cl)cc1Cl)C(=O)CN(c1ccc(Cl)cc1)S(C)(=O)=O. The number of carbonyl (C=O) groups is 2. The van der Waals surface area contributed by atoms with E-state index in [0.717, 1.165) is 17.0 Å². The van der Waals surface area contributed by atoms with E-state index in [4.69, 9.17) is 34.8 Å². The highest BCUT2D eigenvalue weighted by Crippen LogP contribution is 2.25. The fourth-order valence-corrected chi connectivity index (χ4v) is 4.78. The van der Waals surface area contributed by atoms with Gasteiger partial charge in [-0.25, -0.2) is 8.42 Å². The van der Waals surface area contributed by atoms with E-state index in [9.17, 15) is 18.0 Å². The number of halogens is 3. The molecule has 11 heteroatoms. The molecule has 0 fully saturated rings. The van der Waals surface area contributed by atoms with Crippen LogP contribution < -0.4 is 9.62 Å². The number of nitrogens with one attached hydrogen (secondary N) is 1. The predicted octanol–water partition coefficient (Wildman–Crippen LogP) is 4.75. The molecule has 0 aliphatic heterocycles. The smallest absolute Gasteiger partial charge is 0.244 e. The number of rotatable bonds is 11. The predicted molar refractivity (Wildman–Crippen MR) is 138 cm³/mol. The normalized spacial score (nSPS) is 12.2. The molecule has 2 rings (SSSR count). The first-order valence-electron chi connectivity index (χ1n) is 10.7. The second kappa shape index (κ2) is 12.6. The first-order chi connectivity index (χ1) is 16.0. The van der Waals surface area contributed by atoms with E-state index < -0.39 is 28.5 Å². The van der Waals surface area contributed by atoms with Crippen LogP contribution in [0.5, 0.6) is 0 Å². The Balaban J connectivity index is 2.44. The molecule has 0 heterocycles. The van der Waals surface area contributed by atoms with E-state index in [-0.39, 0.29) is 18.1 Å². The van der Waals surface area contributed by atoms with E-state index in [2.05, 4.69) is 5.32 Å². The molecule has 0 saturated heterocycles. The van der Waals surface area contributed by atoms with Crippen LogP contribution in [-0.2, 0) is 26.2 Å². The molecule has 0 aliphatic rings. The van der Waals surface area contributed by atoms with E-state index in [1.165, 1.54) is 29.2 Å². The Kier molecular flexibility index (Phi) is 10.5. The highest BCUT2D eigenvalue weighted by molar-refractivity contribution is 7.92. The van der Waals surface area contributed by atoms with Crippen LogP contribution in [0, 0.1) is 0 Å². The molecule has 1 N–H and O–H groups in total. The van der Waals surface area contributed by atoms with Gasteiger partial charge >= 0.3 is 0 Å². The van der Waals surface area contributed by atoms with Gasteiger partial charge in [-0.1, -0.05) is 54.7 Å². The Morgan fingerprint density at radius 1 is 1.00 bits per heavy atom. The van der Waals surface area contributed by atoms with Crippen LogP contribution in [0.25, 0.3) is 0 Å². The fourth-order valence-electron chi connectivity index (χ4n) is 3.34. The molecule has 2 aromatic carbocycles. The Bertz CT molecular complexity index is 1110. The lowest BCUT2D eigenvalue weighted by atomic mass is 10.1. The number of benzene rings is 2. The molecule has 0 unspecified atom stereocenters. The van der Waals surface area contributed by atoms with Gasteiger partial charge in [-0.3, -0.25) is 13.9 Å². The van der Waals surface area contributed by atoms with Crippen molar-refractivity contribution in [1.29, 1.82) is 0 Å². The van der Waals surface area contributed by atoms with E-state index >= 15 is 0 Å². The summed E-state index contributed by atoms with van der Waals surface area (Å²) < 4.78 is 26.1. The van der Waals surface area contributed by atoms with Gasteiger partial charge in [0.2, 0.25) is 21.8 Å². The molecule has 1 atom stereocenters. The van der Waals surface area contributed by atoms with Crippen molar-refractivity contribution in [3.8, 4) is 0 Å². The molecule has 0 bridgehead atoms. The minimum atomic E-state index is -3.81. The van der Waals surface area contributed by atoms with Gasteiger partial charge in [0.1, 0.15) is 12.6 Å². The monoisotopic (exact) mass is 547 g/mol. The van der Waals surface area contributed by atoms with E-state index in [0.29, 0.717) is 33.6 Å². The van der Waals surface area contributed by atoms with Crippen LogP contribution in [0.2, 0.25) is 15.1 Å². The fraction of sp³-hybridized carbons (Fsp3) is 0.391. The van der Waals surface area contributed by atoms with Crippen LogP contribution in [0.3, 0.4) is 0 Å². The maximum Gasteiger partial charge on any atom is 0.244 e. The van der Waals surface area contributed by atoms with Crippen molar-refractivity contribution >= 4 is 62.3 Å². The van der Waals surface area contributed by atoms with Gasteiger partial charge in [0.05, 0.1) is 11.9 Å². The lowest BCUT2D eigenvalue weighted by Crippen LogP contribution is -2.52. The Morgan fingerprint density at radius 3 is 2.15 bits per heavy atom. The zero-order valence-electron chi connectivity index (χ0n) is 19.2. The molecule has 0 radical (unpaired) electrons. The van der Waals surface area contributed by atoms with E-state index in [1.807, 2.05) is 6.92 Å². The van der Waals surface area contributed by atoms with Crippen LogP contribution in [-0.4, -0.2) is 50.5 Å². The second-order valence-corrected chi connectivity index (χ2v) is 10.9. The first kappa shape index (κ1) is 28.2. The highest BCUT2D eigenvalue weighted by atomic mass is 35.5. The maximum atomic E-state index is 13.5. The van der Waals surface area contributed by atoms with Crippen molar-refractivity contribution in [1.82, 2.24) is 10.2 Å². The summed E-state index contributed by atoms with van der Waals surface area (Å²) in [5, 5.41) is 4.02. The molecule has 0 saturated carbocycles. The Labute approximate surface area is 216 Å². The standard InChI is InChI=1S/C23H28Cl3N3O4S/c1-4-12-27-23(31)21(5-2)28(14-16-6-7-18(25)13-20(16)26)22(30)15-29(34(3,32)33)19-10-8-17(24)9-11-19/h6-11,13,21H,4-5,12,14-15H2,1-3H3,(H,27,31)/t21-/m1/s1. The van der Waals surface area contributed by atoms with Crippen LogP contribution in [0.15, 0.2) is 42.5 Å². The third-order valence-electron chi connectivity index (χ3n) is 5.08. The largest absolute Gasteiger partial charge is 0.354 e. The van der Waals surface area contributed by atoms with Gasteiger partial charge in [-0.05, 0) is 54.8 Å². The van der Waals surface area contributed by atoms with Crippen molar-refractivity contribution in [3.05, 3.63) is 63.1 Å². The number of anilines is 1. The maximum absolute atomic E-state index is 13.5. The van der Waals surface area contributed by atoms with Gasteiger partial charge in [0.15, 0.2) is 0 Å². The summed E-state index contributed by atoms with van der Waals surface area (Å²) in [6, 6.07) is 10.2. The lowest BCUT2D eigenvalue weighted by Gasteiger charge is -2.33. The third kappa shape index (κ3) is 7.77. The quantitative estimate of drug-likeness (QED) is 0.439. The third-order valence-corrected chi connectivity index (χ3v) is 7.06. The molecule has 0 spiro atoms. The summed E-state index contributed by atoms with van der Waals surface area (Å²) in [5.74, 6) is -0.870. The van der Waals surface area contributed by atoms with Crippen molar-refractivity contribution in [2.24, 2.45) is 0 Å². The summed E-state index contributed by atoms with van der Waals surface area (Å²) in [4.78, 5) is 27.8. The summed E-state index contributed by atoms with van der Waals surface area (Å²) in [5.41, 5.74) is 0.867. The number of amides is 2. The topological polar surface area (TPSA) is 86.8 Å². The average molecular weight is 549 g/mol. The van der Waals surface area contributed by atoms with Crippen molar-refractivity contribution < 1.29 is 18.0 Å². The molecule has 0 aliphatic carbocycles. The number of hydrogen-bond acceptors (Lipinski definition) is 4. The second-order valence-electron chi connectivity index (χ2n) is 7.72. The molecule has 7 nitrogen and oxygen atoms in total. The van der Waals surface area contributed by atoms with Crippen LogP contribution in [0.4, 0.5) is 5.69 Å². The minimum absolute atomic E-state index is 0.00507. The highest BCUT2D eigenvalue weighted by Gasteiger charge is 2.32. The van der Waals surface area contributed by atoms with Crippen LogP contribution in [0.1, 0.15) is 32.3 Å².